The van der Waals surface area contributed by atoms with Crippen LogP contribution in [0.3, 0.4) is 0 Å². The molecular weight excluding hydrogens is 373 g/mol. The molecule has 0 aliphatic carbocycles. The van der Waals surface area contributed by atoms with Gasteiger partial charge in [0.2, 0.25) is 5.13 Å². The summed E-state index contributed by atoms with van der Waals surface area (Å²) >= 11 is 19.3. The van der Waals surface area contributed by atoms with E-state index >= 15 is 0 Å². The van der Waals surface area contributed by atoms with E-state index in [1.54, 1.807) is 24.4 Å². The minimum Gasteiger partial charge on any atom is -0.253 e. The second kappa shape index (κ2) is 7.32. The minimum atomic E-state index is 0.545. The normalized spacial score (nSPS) is 11.1. The van der Waals surface area contributed by atoms with Gasteiger partial charge < -0.3 is 0 Å². The number of benzene rings is 2. The van der Waals surface area contributed by atoms with Gasteiger partial charge in [-0.1, -0.05) is 53.0 Å². The Kier molecular flexibility index (Phi) is 5.18. The Morgan fingerprint density at radius 2 is 1.74 bits per heavy atom. The van der Waals surface area contributed by atoms with Crippen molar-refractivity contribution in [3.8, 4) is 11.3 Å². The number of thiazole rings is 1. The lowest BCUT2D eigenvalue weighted by Gasteiger charge is -1.98. The lowest BCUT2D eigenvalue weighted by molar-refractivity contribution is 1.29. The maximum atomic E-state index is 6.08. The number of nitrogens with one attached hydrogen (secondary N) is 1. The van der Waals surface area contributed by atoms with E-state index in [9.17, 15) is 0 Å². The summed E-state index contributed by atoms with van der Waals surface area (Å²) in [6.07, 6.45) is 1.63. The predicted octanol–water partition coefficient (Wildman–Crippen LogP) is 6.22. The Balaban J connectivity index is 1.69. The first kappa shape index (κ1) is 16.3. The van der Waals surface area contributed by atoms with Gasteiger partial charge in [-0.15, -0.1) is 11.3 Å². The first-order valence-electron chi connectivity index (χ1n) is 6.57. The standard InChI is InChI=1S/C16H10Cl3N3S/c17-12-4-1-10(2-5-12)15-9-23-16(21-15)22-20-8-11-3-6-13(18)7-14(11)19/h1-9H,(H,21,22)/b20-8+. The Morgan fingerprint density at radius 1 is 1.00 bits per heavy atom. The van der Waals surface area contributed by atoms with Crippen molar-refractivity contribution in [1.82, 2.24) is 4.98 Å². The maximum absolute atomic E-state index is 6.08. The van der Waals surface area contributed by atoms with Crippen LogP contribution in [-0.2, 0) is 0 Å². The van der Waals surface area contributed by atoms with Crippen molar-refractivity contribution < 1.29 is 0 Å². The second-order valence-electron chi connectivity index (χ2n) is 4.58. The minimum absolute atomic E-state index is 0.545. The van der Waals surface area contributed by atoms with Crippen LogP contribution in [0.25, 0.3) is 11.3 Å². The van der Waals surface area contributed by atoms with E-state index < -0.39 is 0 Å². The fraction of sp³-hybridized carbons (Fsp3) is 0. The molecule has 0 aliphatic heterocycles. The Hall–Kier alpha value is -1.59. The van der Waals surface area contributed by atoms with Gasteiger partial charge in [-0.2, -0.15) is 5.10 Å². The summed E-state index contributed by atoms with van der Waals surface area (Å²) in [4.78, 5) is 4.47. The zero-order valence-corrected chi connectivity index (χ0v) is 14.7. The zero-order chi connectivity index (χ0) is 16.2. The van der Waals surface area contributed by atoms with E-state index in [4.69, 9.17) is 34.8 Å². The van der Waals surface area contributed by atoms with Gasteiger partial charge in [0.1, 0.15) is 0 Å². The molecule has 0 aliphatic rings. The topological polar surface area (TPSA) is 37.3 Å². The summed E-state index contributed by atoms with van der Waals surface area (Å²) in [5, 5.41) is 8.63. The van der Waals surface area contributed by atoms with Crippen LogP contribution < -0.4 is 5.43 Å². The average Bonchev–Trinajstić information content (AvgIpc) is 2.99. The van der Waals surface area contributed by atoms with Gasteiger partial charge in [-0.05, 0) is 24.3 Å². The molecule has 116 valence electrons. The van der Waals surface area contributed by atoms with E-state index in [0.29, 0.717) is 20.2 Å². The van der Waals surface area contributed by atoms with Crippen LogP contribution in [0.15, 0.2) is 52.9 Å². The molecule has 23 heavy (non-hydrogen) atoms. The number of halogens is 3. The molecule has 3 rings (SSSR count). The van der Waals surface area contributed by atoms with Gasteiger partial charge in [0.15, 0.2) is 0 Å². The van der Waals surface area contributed by atoms with Crippen molar-refractivity contribution in [2.75, 3.05) is 5.43 Å². The van der Waals surface area contributed by atoms with Crippen molar-refractivity contribution in [2.24, 2.45) is 5.10 Å². The van der Waals surface area contributed by atoms with Gasteiger partial charge in [-0.3, -0.25) is 5.43 Å². The van der Waals surface area contributed by atoms with E-state index in [1.165, 1.54) is 11.3 Å². The molecule has 0 radical (unpaired) electrons. The molecule has 0 saturated heterocycles. The molecule has 0 bridgehead atoms. The number of rotatable bonds is 4. The van der Waals surface area contributed by atoms with Gasteiger partial charge >= 0.3 is 0 Å². The fourth-order valence-corrected chi connectivity index (χ4v) is 3.09. The van der Waals surface area contributed by atoms with Crippen molar-refractivity contribution in [3.05, 3.63) is 68.5 Å². The summed E-state index contributed by atoms with van der Waals surface area (Å²) in [7, 11) is 0. The molecule has 2 aromatic carbocycles. The highest BCUT2D eigenvalue weighted by molar-refractivity contribution is 7.14. The highest BCUT2D eigenvalue weighted by Crippen LogP contribution is 2.26. The van der Waals surface area contributed by atoms with E-state index in [-0.39, 0.29) is 0 Å². The van der Waals surface area contributed by atoms with Crippen LogP contribution in [0.5, 0.6) is 0 Å². The van der Waals surface area contributed by atoms with Crippen LogP contribution in [-0.4, -0.2) is 11.2 Å². The monoisotopic (exact) mass is 381 g/mol. The summed E-state index contributed by atoms with van der Waals surface area (Å²) < 4.78 is 0. The summed E-state index contributed by atoms with van der Waals surface area (Å²) in [5.74, 6) is 0. The molecule has 0 saturated carbocycles. The smallest absolute Gasteiger partial charge is 0.203 e. The molecule has 1 N–H and O–H groups in total. The van der Waals surface area contributed by atoms with Gasteiger partial charge in [0, 0.05) is 26.6 Å². The molecule has 0 atom stereocenters. The van der Waals surface area contributed by atoms with Crippen LogP contribution >= 0.6 is 46.1 Å². The molecule has 0 fully saturated rings. The molecule has 0 spiro atoms. The highest BCUT2D eigenvalue weighted by atomic mass is 35.5. The lowest BCUT2D eigenvalue weighted by Crippen LogP contribution is -1.91. The van der Waals surface area contributed by atoms with Crippen molar-refractivity contribution in [2.45, 2.75) is 0 Å². The zero-order valence-electron chi connectivity index (χ0n) is 11.6. The molecule has 0 unspecified atom stereocenters. The predicted molar refractivity (Wildman–Crippen MR) is 100 cm³/mol. The average molecular weight is 383 g/mol. The molecule has 7 heteroatoms. The summed E-state index contributed by atoms with van der Waals surface area (Å²) in [6, 6.07) is 12.8. The largest absolute Gasteiger partial charge is 0.253 e. The van der Waals surface area contributed by atoms with Crippen LogP contribution in [0.1, 0.15) is 5.56 Å². The molecular formula is C16H10Cl3N3S. The number of anilines is 1. The molecule has 3 aromatic rings. The number of hydrogen-bond acceptors (Lipinski definition) is 4. The van der Waals surface area contributed by atoms with Gasteiger partial charge in [0.05, 0.1) is 16.9 Å². The first-order chi connectivity index (χ1) is 11.1. The van der Waals surface area contributed by atoms with Gasteiger partial charge in [0.25, 0.3) is 0 Å². The lowest BCUT2D eigenvalue weighted by atomic mass is 10.2. The second-order valence-corrected chi connectivity index (χ2v) is 6.72. The molecule has 0 amide bonds. The number of hydrogen-bond donors (Lipinski definition) is 1. The van der Waals surface area contributed by atoms with E-state index in [2.05, 4.69) is 15.5 Å². The van der Waals surface area contributed by atoms with Crippen molar-refractivity contribution in [3.63, 3.8) is 0 Å². The first-order valence-corrected chi connectivity index (χ1v) is 8.59. The third kappa shape index (κ3) is 4.24. The Labute approximate surface area is 152 Å². The molecule has 1 aromatic heterocycles. The maximum Gasteiger partial charge on any atom is 0.203 e. The summed E-state index contributed by atoms with van der Waals surface area (Å²) in [6.45, 7) is 0. The van der Waals surface area contributed by atoms with Crippen molar-refractivity contribution >= 4 is 57.5 Å². The fourth-order valence-electron chi connectivity index (χ4n) is 1.84. The Bertz CT molecular complexity index is 844. The number of hydrazone groups is 1. The van der Waals surface area contributed by atoms with Gasteiger partial charge in [-0.25, -0.2) is 4.98 Å². The summed E-state index contributed by atoms with van der Waals surface area (Å²) in [5.41, 5.74) is 5.54. The number of nitrogens with zero attached hydrogens (tertiary/aromatic N) is 2. The third-order valence-corrected chi connectivity index (χ3v) is 4.53. The van der Waals surface area contributed by atoms with E-state index in [1.807, 2.05) is 29.6 Å². The third-order valence-electron chi connectivity index (χ3n) is 2.97. The SMILES string of the molecule is Clc1ccc(-c2csc(N/N=C/c3ccc(Cl)cc3Cl)n2)cc1. The van der Waals surface area contributed by atoms with Crippen LogP contribution in [0.2, 0.25) is 15.1 Å². The highest BCUT2D eigenvalue weighted by Gasteiger charge is 2.04. The molecule has 1 heterocycles. The molecule has 3 nitrogen and oxygen atoms in total. The van der Waals surface area contributed by atoms with Crippen molar-refractivity contribution in [1.29, 1.82) is 0 Å². The van der Waals surface area contributed by atoms with Crippen LogP contribution in [0, 0.1) is 0 Å². The number of aromatic nitrogens is 1. The van der Waals surface area contributed by atoms with E-state index in [0.717, 1.165) is 16.8 Å². The quantitative estimate of drug-likeness (QED) is 0.430. The van der Waals surface area contributed by atoms with Crippen LogP contribution in [0.4, 0.5) is 5.13 Å². The Morgan fingerprint density at radius 3 is 2.48 bits per heavy atom.